The number of benzene rings is 1. The standard InChI is InChI=1S/C14H21N3O2.ClH/c1-4-17(3)14(19)12-7-5-6-11(10-12)13(18)16-9-8-15-2;/h5-7,10,15H,4,8-9H2,1-3H3,(H,16,18);1H. The van der Waals surface area contributed by atoms with Gasteiger partial charge in [0.1, 0.15) is 0 Å². The molecule has 0 heterocycles. The lowest BCUT2D eigenvalue weighted by Gasteiger charge is -2.14. The summed E-state index contributed by atoms with van der Waals surface area (Å²) in [6.45, 7) is 3.81. The molecule has 0 aliphatic heterocycles. The number of nitrogens with zero attached hydrogens (tertiary/aromatic N) is 1. The molecule has 2 N–H and O–H groups in total. The Hall–Kier alpha value is -1.59. The van der Waals surface area contributed by atoms with E-state index in [0.717, 1.165) is 0 Å². The highest BCUT2D eigenvalue weighted by molar-refractivity contribution is 5.99. The van der Waals surface area contributed by atoms with Crippen molar-refractivity contribution in [2.75, 3.05) is 33.7 Å². The number of nitrogens with one attached hydrogen (secondary N) is 2. The van der Waals surface area contributed by atoms with Crippen LogP contribution in [0.25, 0.3) is 0 Å². The number of hydrogen-bond donors (Lipinski definition) is 2. The van der Waals surface area contributed by atoms with Crippen LogP contribution in [-0.2, 0) is 0 Å². The second-order valence-corrected chi connectivity index (χ2v) is 4.26. The van der Waals surface area contributed by atoms with Gasteiger partial charge in [-0.05, 0) is 32.2 Å². The number of carbonyl (C=O) groups is 2. The van der Waals surface area contributed by atoms with E-state index in [4.69, 9.17) is 0 Å². The largest absolute Gasteiger partial charge is 0.351 e. The Morgan fingerprint density at radius 2 is 1.85 bits per heavy atom. The summed E-state index contributed by atoms with van der Waals surface area (Å²) in [5.74, 6) is -0.239. The van der Waals surface area contributed by atoms with Gasteiger partial charge in [-0.15, -0.1) is 12.4 Å². The van der Waals surface area contributed by atoms with Crippen molar-refractivity contribution >= 4 is 24.2 Å². The Morgan fingerprint density at radius 1 is 1.20 bits per heavy atom. The maximum atomic E-state index is 12.0. The van der Waals surface area contributed by atoms with Crippen LogP contribution in [0.4, 0.5) is 0 Å². The van der Waals surface area contributed by atoms with Crippen LogP contribution in [-0.4, -0.2) is 50.4 Å². The fourth-order valence-electron chi connectivity index (χ4n) is 1.56. The van der Waals surface area contributed by atoms with Crippen molar-refractivity contribution in [2.24, 2.45) is 0 Å². The molecule has 0 unspecified atom stereocenters. The molecule has 0 atom stereocenters. The lowest BCUT2D eigenvalue weighted by Crippen LogP contribution is -2.31. The monoisotopic (exact) mass is 299 g/mol. The van der Waals surface area contributed by atoms with E-state index in [1.165, 1.54) is 0 Å². The van der Waals surface area contributed by atoms with E-state index in [0.29, 0.717) is 30.8 Å². The zero-order valence-electron chi connectivity index (χ0n) is 12.1. The summed E-state index contributed by atoms with van der Waals surface area (Å²) in [5, 5.41) is 5.73. The predicted octanol–water partition coefficient (Wildman–Crippen LogP) is 1.15. The third-order valence-corrected chi connectivity index (χ3v) is 2.85. The molecule has 112 valence electrons. The minimum Gasteiger partial charge on any atom is -0.351 e. The lowest BCUT2D eigenvalue weighted by atomic mass is 10.1. The molecule has 1 aromatic carbocycles. The molecule has 0 bridgehead atoms. The summed E-state index contributed by atoms with van der Waals surface area (Å²) in [6, 6.07) is 6.78. The van der Waals surface area contributed by atoms with Crippen LogP contribution in [0.5, 0.6) is 0 Å². The van der Waals surface area contributed by atoms with E-state index in [-0.39, 0.29) is 24.2 Å². The molecule has 20 heavy (non-hydrogen) atoms. The summed E-state index contributed by atoms with van der Waals surface area (Å²) in [5.41, 5.74) is 1.04. The summed E-state index contributed by atoms with van der Waals surface area (Å²) in [6.07, 6.45) is 0. The third-order valence-electron chi connectivity index (χ3n) is 2.85. The predicted molar refractivity (Wildman–Crippen MR) is 82.6 cm³/mol. The first-order valence-corrected chi connectivity index (χ1v) is 6.38. The maximum Gasteiger partial charge on any atom is 0.253 e. The lowest BCUT2D eigenvalue weighted by molar-refractivity contribution is 0.0802. The van der Waals surface area contributed by atoms with Gasteiger partial charge in [-0.1, -0.05) is 6.07 Å². The Morgan fingerprint density at radius 3 is 2.45 bits per heavy atom. The molecule has 2 amide bonds. The topological polar surface area (TPSA) is 61.4 Å². The molecule has 1 rings (SSSR count). The Bertz CT molecular complexity index is 452. The summed E-state index contributed by atoms with van der Waals surface area (Å²) >= 11 is 0. The second-order valence-electron chi connectivity index (χ2n) is 4.26. The average Bonchev–Trinajstić information content (AvgIpc) is 2.45. The molecular formula is C14H22ClN3O2. The number of likely N-dealkylation sites (N-methyl/N-ethyl adjacent to an activating group) is 1. The minimum atomic E-state index is -0.163. The van der Waals surface area contributed by atoms with E-state index in [9.17, 15) is 9.59 Å². The van der Waals surface area contributed by atoms with Crippen molar-refractivity contribution in [1.29, 1.82) is 0 Å². The van der Waals surface area contributed by atoms with Gasteiger partial charge in [-0.3, -0.25) is 9.59 Å². The third kappa shape index (κ3) is 5.19. The number of rotatable bonds is 6. The molecule has 0 radical (unpaired) electrons. The van der Waals surface area contributed by atoms with Crippen LogP contribution in [0.15, 0.2) is 24.3 Å². The van der Waals surface area contributed by atoms with Crippen molar-refractivity contribution in [1.82, 2.24) is 15.5 Å². The molecule has 1 aromatic rings. The molecule has 0 fully saturated rings. The van der Waals surface area contributed by atoms with Crippen LogP contribution in [0, 0.1) is 0 Å². The van der Waals surface area contributed by atoms with Crippen LogP contribution >= 0.6 is 12.4 Å². The number of carbonyl (C=O) groups excluding carboxylic acids is 2. The molecule has 0 spiro atoms. The summed E-state index contributed by atoms with van der Waals surface area (Å²) < 4.78 is 0. The molecular weight excluding hydrogens is 278 g/mol. The van der Waals surface area contributed by atoms with Crippen molar-refractivity contribution in [3.8, 4) is 0 Å². The van der Waals surface area contributed by atoms with Crippen LogP contribution in [0.3, 0.4) is 0 Å². The van der Waals surface area contributed by atoms with Gasteiger partial charge in [-0.2, -0.15) is 0 Å². The van der Waals surface area contributed by atoms with E-state index in [1.54, 1.807) is 36.2 Å². The van der Waals surface area contributed by atoms with Gasteiger partial charge < -0.3 is 15.5 Å². The zero-order valence-corrected chi connectivity index (χ0v) is 12.9. The SMILES string of the molecule is CCN(C)C(=O)c1cccc(C(=O)NCCNC)c1.Cl. The summed E-state index contributed by atoms with van der Waals surface area (Å²) in [7, 11) is 3.56. The molecule has 0 aromatic heterocycles. The molecule has 5 nitrogen and oxygen atoms in total. The van der Waals surface area contributed by atoms with Gasteiger partial charge in [0.05, 0.1) is 0 Å². The highest BCUT2D eigenvalue weighted by atomic mass is 35.5. The van der Waals surface area contributed by atoms with Crippen LogP contribution in [0.1, 0.15) is 27.6 Å². The molecule has 0 saturated carbocycles. The fourth-order valence-corrected chi connectivity index (χ4v) is 1.56. The number of hydrogen-bond acceptors (Lipinski definition) is 3. The van der Waals surface area contributed by atoms with Crippen LogP contribution in [0.2, 0.25) is 0 Å². The van der Waals surface area contributed by atoms with Gasteiger partial charge in [0, 0.05) is 37.8 Å². The van der Waals surface area contributed by atoms with Crippen LogP contribution < -0.4 is 10.6 Å². The molecule has 0 aliphatic rings. The zero-order chi connectivity index (χ0) is 14.3. The normalized spacial score (nSPS) is 9.55. The highest BCUT2D eigenvalue weighted by Crippen LogP contribution is 2.07. The average molecular weight is 300 g/mol. The molecule has 0 saturated heterocycles. The highest BCUT2D eigenvalue weighted by Gasteiger charge is 2.12. The van der Waals surface area contributed by atoms with E-state index in [1.807, 2.05) is 14.0 Å². The van der Waals surface area contributed by atoms with Gasteiger partial charge >= 0.3 is 0 Å². The van der Waals surface area contributed by atoms with Gasteiger partial charge in [0.2, 0.25) is 0 Å². The van der Waals surface area contributed by atoms with E-state index < -0.39 is 0 Å². The Balaban J connectivity index is 0.00000361. The Labute approximate surface area is 126 Å². The first-order valence-electron chi connectivity index (χ1n) is 6.38. The summed E-state index contributed by atoms with van der Waals surface area (Å²) in [4.78, 5) is 25.5. The van der Waals surface area contributed by atoms with Gasteiger partial charge in [-0.25, -0.2) is 0 Å². The van der Waals surface area contributed by atoms with E-state index in [2.05, 4.69) is 10.6 Å². The van der Waals surface area contributed by atoms with Crippen molar-refractivity contribution in [3.05, 3.63) is 35.4 Å². The van der Waals surface area contributed by atoms with Crippen molar-refractivity contribution in [2.45, 2.75) is 6.92 Å². The maximum absolute atomic E-state index is 12.0. The first kappa shape index (κ1) is 18.4. The number of amides is 2. The number of halogens is 1. The molecule has 6 heteroatoms. The quantitative estimate of drug-likeness (QED) is 0.775. The second kappa shape index (κ2) is 9.34. The first-order chi connectivity index (χ1) is 9.10. The fraction of sp³-hybridized carbons (Fsp3) is 0.429. The molecule has 0 aliphatic carbocycles. The smallest absolute Gasteiger partial charge is 0.253 e. The van der Waals surface area contributed by atoms with Gasteiger partial charge in [0.15, 0.2) is 0 Å². The minimum absolute atomic E-state index is 0. The Kier molecular flexibility index (Phi) is 8.59. The van der Waals surface area contributed by atoms with Crippen molar-refractivity contribution in [3.63, 3.8) is 0 Å². The van der Waals surface area contributed by atoms with Crippen molar-refractivity contribution < 1.29 is 9.59 Å². The van der Waals surface area contributed by atoms with Gasteiger partial charge in [0.25, 0.3) is 11.8 Å². The van der Waals surface area contributed by atoms with E-state index >= 15 is 0 Å².